The molecule has 2 heterocycles. The van der Waals surface area contributed by atoms with E-state index in [1.807, 2.05) is 6.07 Å². The number of fused-ring (bicyclic) bond motifs is 1. The van der Waals surface area contributed by atoms with Gasteiger partial charge in [-0.3, -0.25) is 4.79 Å². The van der Waals surface area contributed by atoms with Crippen LogP contribution in [0.15, 0.2) is 24.3 Å². The Morgan fingerprint density at radius 2 is 2.00 bits per heavy atom. The summed E-state index contributed by atoms with van der Waals surface area (Å²) in [6, 6.07) is 8.40. The summed E-state index contributed by atoms with van der Waals surface area (Å²) in [6.45, 7) is 4.12. The van der Waals surface area contributed by atoms with Crippen molar-refractivity contribution in [1.82, 2.24) is 4.90 Å². The molecule has 1 aromatic carbocycles. The molecule has 0 aliphatic carbocycles. The molecule has 1 saturated heterocycles. The molecule has 1 atom stereocenters. The number of ether oxygens (including phenoxy) is 1. The topological polar surface area (TPSA) is 49.8 Å². The van der Waals surface area contributed by atoms with E-state index in [1.54, 1.807) is 0 Å². The summed E-state index contributed by atoms with van der Waals surface area (Å²) >= 11 is 0. The van der Waals surface area contributed by atoms with Crippen LogP contribution in [0.5, 0.6) is 5.75 Å². The van der Waals surface area contributed by atoms with Crippen molar-refractivity contribution in [2.75, 3.05) is 26.2 Å². The van der Waals surface area contributed by atoms with Crippen LogP contribution < -0.4 is 4.74 Å². The maximum Gasteiger partial charge on any atom is 0.303 e. The fourth-order valence-corrected chi connectivity index (χ4v) is 3.70. The number of carboxylic acids is 1. The smallest absolute Gasteiger partial charge is 0.303 e. The molecule has 0 bridgehead atoms. The summed E-state index contributed by atoms with van der Waals surface area (Å²) in [5.41, 5.74) is 1.35. The second-order valence-electron chi connectivity index (χ2n) is 6.55. The first-order valence-corrected chi connectivity index (χ1v) is 8.38. The van der Waals surface area contributed by atoms with Crippen LogP contribution >= 0.6 is 0 Å². The first-order chi connectivity index (χ1) is 10.7. The van der Waals surface area contributed by atoms with Gasteiger partial charge in [0.05, 0.1) is 6.61 Å². The second kappa shape index (κ2) is 7.14. The molecule has 0 amide bonds. The number of nitrogens with zero attached hydrogens (tertiary/aromatic N) is 1. The molecule has 4 nitrogen and oxygen atoms in total. The summed E-state index contributed by atoms with van der Waals surface area (Å²) in [5, 5.41) is 8.78. The number of carbonyl (C=O) groups is 1. The molecule has 1 fully saturated rings. The number of likely N-dealkylation sites (tertiary alicyclic amines) is 1. The van der Waals surface area contributed by atoms with Crippen LogP contribution in [-0.4, -0.2) is 42.2 Å². The lowest BCUT2D eigenvalue weighted by molar-refractivity contribution is -0.137. The third-order valence-electron chi connectivity index (χ3n) is 5.03. The van der Waals surface area contributed by atoms with Crippen molar-refractivity contribution in [3.8, 4) is 5.75 Å². The van der Waals surface area contributed by atoms with E-state index in [0.717, 1.165) is 57.7 Å². The van der Waals surface area contributed by atoms with Gasteiger partial charge in [0.15, 0.2) is 0 Å². The molecule has 0 saturated carbocycles. The number of para-hydroxylation sites is 1. The molecule has 1 unspecified atom stereocenters. The Bertz CT molecular complexity index is 509. The van der Waals surface area contributed by atoms with Gasteiger partial charge in [0.1, 0.15) is 5.75 Å². The third-order valence-corrected chi connectivity index (χ3v) is 5.03. The zero-order chi connectivity index (χ0) is 15.4. The predicted molar refractivity (Wildman–Crippen MR) is 85.3 cm³/mol. The van der Waals surface area contributed by atoms with Gasteiger partial charge in [-0.25, -0.2) is 0 Å². The highest BCUT2D eigenvalue weighted by atomic mass is 16.5. The van der Waals surface area contributed by atoms with E-state index in [-0.39, 0.29) is 0 Å². The lowest BCUT2D eigenvalue weighted by Crippen LogP contribution is -2.37. The summed E-state index contributed by atoms with van der Waals surface area (Å²) in [7, 11) is 0. The van der Waals surface area contributed by atoms with Crippen molar-refractivity contribution < 1.29 is 14.6 Å². The number of piperidine rings is 1. The minimum absolute atomic E-state index is 0.317. The van der Waals surface area contributed by atoms with Crippen LogP contribution in [0.25, 0.3) is 0 Å². The molecule has 22 heavy (non-hydrogen) atoms. The van der Waals surface area contributed by atoms with Gasteiger partial charge in [-0.15, -0.1) is 0 Å². The van der Waals surface area contributed by atoms with E-state index >= 15 is 0 Å². The fourth-order valence-electron chi connectivity index (χ4n) is 3.70. The molecular formula is C18H25NO3. The van der Waals surface area contributed by atoms with Crippen LogP contribution in [0, 0.1) is 5.92 Å². The zero-order valence-corrected chi connectivity index (χ0v) is 13.0. The van der Waals surface area contributed by atoms with Crippen molar-refractivity contribution in [2.24, 2.45) is 5.92 Å². The lowest BCUT2D eigenvalue weighted by Gasteiger charge is -2.36. The zero-order valence-electron chi connectivity index (χ0n) is 13.0. The van der Waals surface area contributed by atoms with E-state index in [1.165, 1.54) is 5.56 Å². The highest BCUT2D eigenvalue weighted by molar-refractivity contribution is 5.66. The standard InChI is InChI=1S/C18H25NO3/c20-18(21)6-5-14-7-10-19(11-8-14)13-15-9-12-22-17-4-2-1-3-16(15)17/h1-4,14-15H,5-13H2,(H,20,21). The van der Waals surface area contributed by atoms with Gasteiger partial charge in [-0.1, -0.05) is 18.2 Å². The number of hydrogen-bond acceptors (Lipinski definition) is 3. The normalized spacial score (nSPS) is 22.8. The van der Waals surface area contributed by atoms with Crippen LogP contribution in [0.1, 0.15) is 43.6 Å². The molecule has 4 heteroatoms. The molecule has 0 spiro atoms. The molecule has 120 valence electrons. The van der Waals surface area contributed by atoms with Gasteiger partial charge < -0.3 is 14.7 Å². The Morgan fingerprint density at radius 1 is 1.23 bits per heavy atom. The number of hydrogen-bond donors (Lipinski definition) is 1. The minimum Gasteiger partial charge on any atom is -0.493 e. The summed E-state index contributed by atoms with van der Waals surface area (Å²) < 4.78 is 5.74. The Balaban J connectivity index is 1.50. The molecule has 1 N–H and O–H groups in total. The first kappa shape index (κ1) is 15.3. The van der Waals surface area contributed by atoms with Crippen molar-refractivity contribution in [2.45, 2.75) is 38.0 Å². The molecule has 2 aliphatic heterocycles. The van der Waals surface area contributed by atoms with Gasteiger partial charge >= 0.3 is 5.97 Å². The van der Waals surface area contributed by atoms with Gasteiger partial charge in [0.25, 0.3) is 0 Å². The van der Waals surface area contributed by atoms with E-state index in [2.05, 4.69) is 23.1 Å². The van der Waals surface area contributed by atoms with E-state index in [0.29, 0.717) is 18.3 Å². The van der Waals surface area contributed by atoms with Crippen LogP contribution in [0.4, 0.5) is 0 Å². The van der Waals surface area contributed by atoms with Gasteiger partial charge in [-0.05, 0) is 56.3 Å². The summed E-state index contributed by atoms with van der Waals surface area (Å²) in [5.74, 6) is 1.55. The van der Waals surface area contributed by atoms with Gasteiger partial charge in [0, 0.05) is 18.9 Å². The maximum absolute atomic E-state index is 10.7. The average Bonchev–Trinajstić information content (AvgIpc) is 2.54. The summed E-state index contributed by atoms with van der Waals surface area (Å²) in [6.07, 6.45) is 4.52. The SMILES string of the molecule is O=C(O)CCC1CCN(CC2CCOc3ccccc32)CC1. The van der Waals surface area contributed by atoms with Crippen LogP contribution in [-0.2, 0) is 4.79 Å². The first-order valence-electron chi connectivity index (χ1n) is 8.38. The molecule has 0 radical (unpaired) electrons. The van der Waals surface area contributed by atoms with E-state index < -0.39 is 5.97 Å². The van der Waals surface area contributed by atoms with Gasteiger partial charge in [0.2, 0.25) is 0 Å². The van der Waals surface area contributed by atoms with Crippen molar-refractivity contribution >= 4 is 5.97 Å². The number of carboxylic acid groups (broad SMARTS) is 1. The molecule has 1 aromatic rings. The Kier molecular flexibility index (Phi) is 4.98. The quantitative estimate of drug-likeness (QED) is 0.908. The number of aliphatic carboxylic acids is 1. The Hall–Kier alpha value is -1.55. The van der Waals surface area contributed by atoms with Crippen LogP contribution in [0.3, 0.4) is 0 Å². The van der Waals surface area contributed by atoms with E-state index in [9.17, 15) is 4.79 Å². The van der Waals surface area contributed by atoms with E-state index in [4.69, 9.17) is 9.84 Å². The lowest BCUT2D eigenvalue weighted by atomic mass is 9.89. The van der Waals surface area contributed by atoms with Crippen LogP contribution in [0.2, 0.25) is 0 Å². The Labute approximate surface area is 132 Å². The highest BCUT2D eigenvalue weighted by Gasteiger charge is 2.26. The summed E-state index contributed by atoms with van der Waals surface area (Å²) in [4.78, 5) is 13.2. The molecular weight excluding hydrogens is 278 g/mol. The highest BCUT2D eigenvalue weighted by Crippen LogP contribution is 2.34. The molecule has 0 aromatic heterocycles. The second-order valence-corrected chi connectivity index (χ2v) is 6.55. The number of benzene rings is 1. The minimum atomic E-state index is -0.666. The van der Waals surface area contributed by atoms with Crippen molar-refractivity contribution in [3.05, 3.63) is 29.8 Å². The Morgan fingerprint density at radius 3 is 2.77 bits per heavy atom. The van der Waals surface area contributed by atoms with Gasteiger partial charge in [-0.2, -0.15) is 0 Å². The van der Waals surface area contributed by atoms with Crippen molar-refractivity contribution in [1.29, 1.82) is 0 Å². The monoisotopic (exact) mass is 303 g/mol. The van der Waals surface area contributed by atoms with Crippen molar-refractivity contribution in [3.63, 3.8) is 0 Å². The number of rotatable bonds is 5. The largest absolute Gasteiger partial charge is 0.493 e. The molecule has 2 aliphatic rings. The predicted octanol–water partition coefficient (Wildman–Crippen LogP) is 3.13. The third kappa shape index (κ3) is 3.80. The molecule has 3 rings (SSSR count). The average molecular weight is 303 g/mol. The maximum atomic E-state index is 10.7. The fraction of sp³-hybridized carbons (Fsp3) is 0.611.